The van der Waals surface area contributed by atoms with Crippen LogP contribution >= 0.6 is 0 Å². The van der Waals surface area contributed by atoms with Crippen LogP contribution in [-0.4, -0.2) is 58.9 Å². The number of hydrogen-bond acceptors (Lipinski definition) is 6. The second-order valence-corrected chi connectivity index (χ2v) is 11.4. The largest absolute Gasteiger partial charge is 0.497 e. The van der Waals surface area contributed by atoms with Crippen LogP contribution in [0.15, 0.2) is 79.1 Å². The zero-order valence-corrected chi connectivity index (χ0v) is 26.0. The Balaban J connectivity index is 1.17. The number of aryl methyl sites for hydroxylation is 1. The van der Waals surface area contributed by atoms with Crippen LogP contribution in [0.1, 0.15) is 43.7 Å². The van der Waals surface area contributed by atoms with Crippen LogP contribution in [0.3, 0.4) is 0 Å². The minimum atomic E-state index is -4.55. The van der Waals surface area contributed by atoms with E-state index in [1.165, 1.54) is 12.1 Å². The first kappa shape index (κ1) is 31.8. The molecule has 0 atom stereocenters. The number of rotatable bonds is 7. The van der Waals surface area contributed by atoms with E-state index in [1.54, 1.807) is 37.7 Å². The molecule has 0 spiro atoms. The van der Waals surface area contributed by atoms with Crippen molar-refractivity contribution < 1.29 is 22.7 Å². The van der Waals surface area contributed by atoms with Crippen LogP contribution < -0.4 is 15.4 Å². The standard InChI is InChI=1S/C36H33F3N6O2/c1-24-3-7-28(35(46)43-31-10-9-29(33(19-31)36(37,38)39)23-44-15-13-40-14-16-44)18-27(24)8-4-26-17-30-21-42-45(34(30)41-20-26)22-25-5-11-32(47-2)12-6-25/h3,5-7,9-12,17-21,40H,13-16,22-23H2,1-2H3,(H,43,46). The normalized spacial score (nSPS) is 13.6. The van der Waals surface area contributed by atoms with Gasteiger partial charge in [-0.05, 0) is 66.1 Å². The zero-order chi connectivity index (χ0) is 33.0. The Labute approximate surface area is 270 Å². The molecule has 0 radical (unpaired) electrons. The molecule has 0 bridgehead atoms. The number of benzene rings is 3. The first-order valence-corrected chi connectivity index (χ1v) is 15.2. The lowest BCUT2D eigenvalue weighted by atomic mass is 10.0. The third-order valence-electron chi connectivity index (χ3n) is 8.09. The topological polar surface area (TPSA) is 84.3 Å². The van der Waals surface area contributed by atoms with Gasteiger partial charge in [0.2, 0.25) is 0 Å². The molecule has 3 aromatic carbocycles. The number of nitrogens with zero attached hydrogens (tertiary/aromatic N) is 4. The van der Waals surface area contributed by atoms with Crippen LogP contribution in [0.5, 0.6) is 5.75 Å². The summed E-state index contributed by atoms with van der Waals surface area (Å²) in [6, 6.07) is 18.7. The molecule has 2 aromatic heterocycles. The van der Waals surface area contributed by atoms with Crippen LogP contribution in [0.25, 0.3) is 11.0 Å². The molecule has 0 unspecified atom stereocenters. The maximum absolute atomic E-state index is 14.0. The predicted octanol–water partition coefficient (Wildman–Crippen LogP) is 5.87. The van der Waals surface area contributed by atoms with Gasteiger partial charge >= 0.3 is 6.18 Å². The van der Waals surface area contributed by atoms with E-state index in [-0.39, 0.29) is 23.4 Å². The molecule has 3 heterocycles. The molecule has 1 amide bonds. The van der Waals surface area contributed by atoms with Crippen molar-refractivity contribution in [2.24, 2.45) is 0 Å². The molecular weight excluding hydrogens is 605 g/mol. The number of anilines is 1. The van der Waals surface area contributed by atoms with Gasteiger partial charge in [-0.2, -0.15) is 18.3 Å². The van der Waals surface area contributed by atoms with Gasteiger partial charge < -0.3 is 15.4 Å². The van der Waals surface area contributed by atoms with E-state index < -0.39 is 17.6 Å². The highest BCUT2D eigenvalue weighted by atomic mass is 19.4. The van der Waals surface area contributed by atoms with Crippen LogP contribution in [0.2, 0.25) is 0 Å². The fourth-order valence-corrected chi connectivity index (χ4v) is 5.47. The predicted molar refractivity (Wildman–Crippen MR) is 174 cm³/mol. The van der Waals surface area contributed by atoms with Gasteiger partial charge in [0.1, 0.15) is 5.75 Å². The lowest BCUT2D eigenvalue weighted by molar-refractivity contribution is -0.138. The van der Waals surface area contributed by atoms with Crippen LogP contribution in [0.4, 0.5) is 18.9 Å². The molecule has 1 fully saturated rings. The Morgan fingerprint density at radius 3 is 2.51 bits per heavy atom. The van der Waals surface area contributed by atoms with Gasteiger partial charge in [0, 0.05) is 66.7 Å². The van der Waals surface area contributed by atoms with E-state index in [0.717, 1.165) is 47.1 Å². The van der Waals surface area contributed by atoms with Gasteiger partial charge in [0.15, 0.2) is 5.65 Å². The third kappa shape index (κ3) is 7.62. The average Bonchev–Trinajstić information content (AvgIpc) is 3.47. The highest BCUT2D eigenvalue weighted by molar-refractivity contribution is 6.04. The van der Waals surface area contributed by atoms with Crippen molar-refractivity contribution in [1.29, 1.82) is 0 Å². The first-order valence-electron chi connectivity index (χ1n) is 15.2. The van der Waals surface area contributed by atoms with Crippen LogP contribution in [-0.2, 0) is 19.3 Å². The summed E-state index contributed by atoms with van der Waals surface area (Å²) in [7, 11) is 1.63. The third-order valence-corrected chi connectivity index (χ3v) is 8.09. The van der Waals surface area contributed by atoms with E-state index in [0.29, 0.717) is 30.8 Å². The Hall–Kier alpha value is -5.18. The van der Waals surface area contributed by atoms with Gasteiger partial charge in [0.05, 0.1) is 25.4 Å². The molecule has 6 rings (SSSR count). The maximum atomic E-state index is 14.0. The molecule has 1 saturated heterocycles. The number of carbonyl (C=O) groups excluding carboxylic acids is 1. The molecule has 0 aliphatic carbocycles. The number of pyridine rings is 1. The van der Waals surface area contributed by atoms with E-state index in [2.05, 4.69) is 32.6 Å². The van der Waals surface area contributed by atoms with Crippen molar-refractivity contribution in [2.45, 2.75) is 26.2 Å². The van der Waals surface area contributed by atoms with Gasteiger partial charge in [-0.25, -0.2) is 9.67 Å². The number of carbonyl (C=O) groups is 1. The Kier molecular flexibility index (Phi) is 9.24. The molecular formula is C36H33F3N6O2. The molecule has 240 valence electrons. The van der Waals surface area contributed by atoms with Gasteiger partial charge in [-0.15, -0.1) is 0 Å². The SMILES string of the molecule is COc1ccc(Cn2ncc3cc(C#Cc4cc(C(=O)Nc5ccc(CN6CCNCC6)c(C(F)(F)F)c5)ccc4C)cnc32)cc1. The summed E-state index contributed by atoms with van der Waals surface area (Å²) in [4.78, 5) is 19.7. The molecule has 8 nitrogen and oxygen atoms in total. The summed E-state index contributed by atoms with van der Waals surface area (Å²) in [6.07, 6.45) is -1.13. The summed E-state index contributed by atoms with van der Waals surface area (Å²) >= 11 is 0. The van der Waals surface area contributed by atoms with Crippen molar-refractivity contribution in [3.8, 4) is 17.6 Å². The number of halogens is 3. The molecule has 1 aliphatic rings. The lowest BCUT2D eigenvalue weighted by Crippen LogP contribution is -2.43. The van der Waals surface area contributed by atoms with E-state index in [1.807, 2.05) is 46.8 Å². The summed E-state index contributed by atoms with van der Waals surface area (Å²) in [5, 5.41) is 11.2. The Bertz CT molecular complexity index is 1970. The van der Waals surface area contributed by atoms with Gasteiger partial charge in [-0.3, -0.25) is 9.69 Å². The quantitative estimate of drug-likeness (QED) is 0.217. The average molecular weight is 639 g/mol. The van der Waals surface area contributed by atoms with Gasteiger partial charge in [-0.1, -0.05) is 36.1 Å². The number of aromatic nitrogens is 3. The number of amides is 1. The Morgan fingerprint density at radius 1 is 0.979 bits per heavy atom. The fraction of sp³-hybridized carbons (Fsp3) is 0.250. The number of ether oxygens (including phenoxy) is 1. The summed E-state index contributed by atoms with van der Waals surface area (Å²) in [5.74, 6) is 6.50. The molecule has 11 heteroatoms. The lowest BCUT2D eigenvalue weighted by Gasteiger charge is -2.28. The molecule has 0 saturated carbocycles. The number of hydrogen-bond donors (Lipinski definition) is 2. The highest BCUT2D eigenvalue weighted by Crippen LogP contribution is 2.34. The molecule has 5 aromatic rings. The molecule has 47 heavy (non-hydrogen) atoms. The monoisotopic (exact) mass is 638 g/mol. The number of piperazine rings is 1. The van der Waals surface area contributed by atoms with E-state index in [4.69, 9.17) is 4.74 Å². The molecule has 1 aliphatic heterocycles. The maximum Gasteiger partial charge on any atom is 0.416 e. The minimum absolute atomic E-state index is 0.0755. The van der Waals surface area contributed by atoms with Crippen molar-refractivity contribution >= 4 is 22.6 Å². The number of methoxy groups -OCH3 is 1. The number of alkyl halides is 3. The van der Waals surface area contributed by atoms with E-state index in [9.17, 15) is 18.0 Å². The second kappa shape index (κ2) is 13.7. The van der Waals surface area contributed by atoms with Gasteiger partial charge in [0.25, 0.3) is 5.91 Å². The fourth-order valence-electron chi connectivity index (χ4n) is 5.47. The van der Waals surface area contributed by atoms with Crippen molar-refractivity contribution in [3.05, 3.63) is 118 Å². The summed E-state index contributed by atoms with van der Waals surface area (Å²) in [6.45, 7) is 5.45. The summed E-state index contributed by atoms with van der Waals surface area (Å²) < 4.78 is 49.0. The van der Waals surface area contributed by atoms with Crippen molar-refractivity contribution in [2.75, 3.05) is 38.6 Å². The smallest absolute Gasteiger partial charge is 0.416 e. The second-order valence-electron chi connectivity index (χ2n) is 11.4. The zero-order valence-electron chi connectivity index (χ0n) is 26.0. The minimum Gasteiger partial charge on any atom is -0.497 e. The highest BCUT2D eigenvalue weighted by Gasteiger charge is 2.34. The first-order chi connectivity index (χ1) is 22.7. The van der Waals surface area contributed by atoms with Crippen molar-refractivity contribution in [1.82, 2.24) is 25.0 Å². The van der Waals surface area contributed by atoms with Crippen molar-refractivity contribution in [3.63, 3.8) is 0 Å². The molecule has 2 N–H and O–H groups in total. The Morgan fingerprint density at radius 2 is 1.77 bits per heavy atom. The summed E-state index contributed by atoms with van der Waals surface area (Å²) in [5.41, 5.74) is 3.73. The van der Waals surface area contributed by atoms with Crippen LogP contribution in [0, 0.1) is 18.8 Å². The van der Waals surface area contributed by atoms with E-state index >= 15 is 0 Å². The number of nitrogens with one attached hydrogen (secondary N) is 2. The number of fused-ring (bicyclic) bond motifs is 1.